The van der Waals surface area contributed by atoms with Crippen LogP contribution in [0.5, 0.6) is 11.5 Å². The number of aryl methyl sites for hydroxylation is 1. The number of benzene rings is 2. The van der Waals surface area contributed by atoms with E-state index < -0.39 is 0 Å². The SMILES string of the molecule is CC(CCc1cccc(F)c1)C(=O)Nc1cc2c(cc1N)OCO2.Cl. The van der Waals surface area contributed by atoms with E-state index in [1.807, 2.05) is 13.0 Å². The summed E-state index contributed by atoms with van der Waals surface area (Å²) in [7, 11) is 0. The molecule has 2 aromatic carbocycles. The molecule has 3 N–H and O–H groups in total. The van der Waals surface area contributed by atoms with Crippen LogP contribution in [0.2, 0.25) is 0 Å². The van der Waals surface area contributed by atoms with Gasteiger partial charge in [0, 0.05) is 18.1 Å². The minimum Gasteiger partial charge on any atom is -0.454 e. The number of hydrogen-bond donors (Lipinski definition) is 2. The smallest absolute Gasteiger partial charge is 0.231 e. The minimum absolute atomic E-state index is 0. The van der Waals surface area contributed by atoms with E-state index in [-0.39, 0.29) is 36.8 Å². The molecule has 1 atom stereocenters. The molecule has 0 bridgehead atoms. The van der Waals surface area contributed by atoms with Crippen LogP contribution in [0.4, 0.5) is 15.8 Å². The molecule has 0 aliphatic carbocycles. The molecule has 0 fully saturated rings. The number of hydrogen-bond acceptors (Lipinski definition) is 4. The Bertz CT molecular complexity index is 770. The van der Waals surface area contributed by atoms with Crippen molar-refractivity contribution in [1.29, 1.82) is 0 Å². The van der Waals surface area contributed by atoms with Gasteiger partial charge in [0.1, 0.15) is 5.82 Å². The fraction of sp³-hybridized carbons (Fsp3) is 0.278. The van der Waals surface area contributed by atoms with Gasteiger partial charge >= 0.3 is 0 Å². The Labute approximate surface area is 151 Å². The van der Waals surface area contributed by atoms with Crippen molar-refractivity contribution in [3.05, 3.63) is 47.8 Å². The van der Waals surface area contributed by atoms with Crippen molar-refractivity contribution in [3.8, 4) is 11.5 Å². The Morgan fingerprint density at radius 1 is 1.28 bits per heavy atom. The molecule has 1 amide bonds. The zero-order chi connectivity index (χ0) is 17.1. The molecule has 0 radical (unpaired) electrons. The molecule has 7 heteroatoms. The Morgan fingerprint density at radius 3 is 2.72 bits per heavy atom. The van der Waals surface area contributed by atoms with Gasteiger partial charge in [0.25, 0.3) is 0 Å². The Morgan fingerprint density at radius 2 is 2.00 bits per heavy atom. The molecule has 2 aromatic rings. The molecule has 0 aromatic heterocycles. The van der Waals surface area contributed by atoms with E-state index in [1.54, 1.807) is 18.2 Å². The summed E-state index contributed by atoms with van der Waals surface area (Å²) in [5, 5.41) is 2.81. The average Bonchev–Trinajstić information content (AvgIpc) is 3.00. The number of anilines is 2. The topological polar surface area (TPSA) is 73.6 Å². The van der Waals surface area contributed by atoms with E-state index in [0.717, 1.165) is 5.56 Å². The summed E-state index contributed by atoms with van der Waals surface area (Å²) in [6.07, 6.45) is 1.24. The van der Waals surface area contributed by atoms with Crippen LogP contribution in [0.3, 0.4) is 0 Å². The number of ether oxygens (including phenoxy) is 2. The van der Waals surface area contributed by atoms with Crippen LogP contribution in [0.1, 0.15) is 18.9 Å². The standard InChI is InChI=1S/C18H19FN2O3.ClH/c1-11(5-6-12-3-2-4-13(19)7-12)18(22)21-15-9-17-16(8-14(15)20)23-10-24-17;/h2-4,7-9,11H,5-6,10,20H2,1H3,(H,21,22);1H. The van der Waals surface area contributed by atoms with Crippen LogP contribution in [0.25, 0.3) is 0 Å². The van der Waals surface area contributed by atoms with Gasteiger partial charge in [0.15, 0.2) is 11.5 Å². The third kappa shape index (κ3) is 4.54. The van der Waals surface area contributed by atoms with Crippen molar-refractivity contribution in [2.24, 2.45) is 5.92 Å². The van der Waals surface area contributed by atoms with Gasteiger partial charge in [-0.05, 0) is 30.5 Å². The summed E-state index contributed by atoms with van der Waals surface area (Å²) < 4.78 is 23.7. The van der Waals surface area contributed by atoms with Gasteiger partial charge in [0.2, 0.25) is 12.7 Å². The molecule has 0 saturated heterocycles. The zero-order valence-corrected chi connectivity index (χ0v) is 14.6. The predicted molar refractivity (Wildman–Crippen MR) is 96.7 cm³/mol. The second kappa shape index (κ2) is 8.07. The molecule has 3 rings (SSSR count). The third-order valence-corrected chi connectivity index (χ3v) is 4.01. The maximum atomic E-state index is 13.2. The summed E-state index contributed by atoms with van der Waals surface area (Å²) >= 11 is 0. The number of halogens is 2. The molecule has 1 aliphatic heterocycles. The Kier molecular flexibility index (Phi) is 6.09. The van der Waals surface area contributed by atoms with Crippen LogP contribution in [-0.4, -0.2) is 12.7 Å². The second-order valence-corrected chi connectivity index (χ2v) is 5.85. The molecular weight excluding hydrogens is 347 g/mol. The van der Waals surface area contributed by atoms with Crippen LogP contribution in [0, 0.1) is 11.7 Å². The number of carbonyl (C=O) groups is 1. The Balaban J connectivity index is 0.00000225. The first-order valence-corrected chi connectivity index (χ1v) is 7.77. The largest absolute Gasteiger partial charge is 0.454 e. The monoisotopic (exact) mass is 366 g/mol. The maximum absolute atomic E-state index is 13.2. The van der Waals surface area contributed by atoms with Gasteiger partial charge < -0.3 is 20.5 Å². The number of fused-ring (bicyclic) bond motifs is 1. The number of carbonyl (C=O) groups excluding carboxylic acids is 1. The van der Waals surface area contributed by atoms with Crippen LogP contribution >= 0.6 is 12.4 Å². The first kappa shape index (κ1) is 18.9. The van der Waals surface area contributed by atoms with E-state index in [9.17, 15) is 9.18 Å². The molecule has 0 saturated carbocycles. The van der Waals surface area contributed by atoms with Crippen molar-refractivity contribution >= 4 is 29.7 Å². The highest BCUT2D eigenvalue weighted by molar-refractivity contribution is 5.95. The summed E-state index contributed by atoms with van der Waals surface area (Å²) in [4.78, 5) is 12.3. The van der Waals surface area contributed by atoms with Crippen molar-refractivity contribution in [3.63, 3.8) is 0 Å². The van der Waals surface area contributed by atoms with Gasteiger partial charge in [-0.3, -0.25) is 4.79 Å². The number of nitrogens with two attached hydrogens (primary N) is 1. The second-order valence-electron chi connectivity index (χ2n) is 5.85. The number of amides is 1. The lowest BCUT2D eigenvalue weighted by atomic mass is 10.00. The highest BCUT2D eigenvalue weighted by Crippen LogP contribution is 2.38. The highest BCUT2D eigenvalue weighted by atomic mass is 35.5. The van der Waals surface area contributed by atoms with Crippen LogP contribution < -0.4 is 20.5 Å². The van der Waals surface area contributed by atoms with Gasteiger partial charge in [-0.2, -0.15) is 0 Å². The lowest BCUT2D eigenvalue weighted by Gasteiger charge is -2.14. The first-order valence-electron chi connectivity index (χ1n) is 7.77. The summed E-state index contributed by atoms with van der Waals surface area (Å²) in [5.41, 5.74) is 7.73. The quantitative estimate of drug-likeness (QED) is 0.790. The molecule has 0 spiro atoms. The zero-order valence-electron chi connectivity index (χ0n) is 13.8. The number of nitrogen functional groups attached to an aromatic ring is 1. The molecule has 134 valence electrons. The fourth-order valence-corrected chi connectivity index (χ4v) is 2.53. The third-order valence-electron chi connectivity index (χ3n) is 4.01. The highest BCUT2D eigenvalue weighted by Gasteiger charge is 2.19. The average molecular weight is 367 g/mol. The van der Waals surface area contributed by atoms with E-state index in [2.05, 4.69) is 5.32 Å². The first-order chi connectivity index (χ1) is 11.5. The molecule has 1 aliphatic rings. The van der Waals surface area contributed by atoms with Crippen molar-refractivity contribution in [2.45, 2.75) is 19.8 Å². The number of nitrogens with one attached hydrogen (secondary N) is 1. The fourth-order valence-electron chi connectivity index (χ4n) is 2.53. The lowest BCUT2D eigenvalue weighted by molar-refractivity contribution is -0.119. The van der Waals surface area contributed by atoms with Gasteiger partial charge in [0.05, 0.1) is 11.4 Å². The molecule has 5 nitrogen and oxygen atoms in total. The summed E-state index contributed by atoms with van der Waals surface area (Å²) in [5.74, 6) is 0.490. The summed E-state index contributed by atoms with van der Waals surface area (Å²) in [6.45, 7) is 1.98. The van der Waals surface area contributed by atoms with Gasteiger partial charge in [-0.1, -0.05) is 19.1 Å². The van der Waals surface area contributed by atoms with E-state index in [1.165, 1.54) is 12.1 Å². The molecule has 1 unspecified atom stereocenters. The van der Waals surface area contributed by atoms with Crippen molar-refractivity contribution < 1.29 is 18.7 Å². The lowest BCUT2D eigenvalue weighted by Crippen LogP contribution is -2.21. The maximum Gasteiger partial charge on any atom is 0.231 e. The van der Waals surface area contributed by atoms with Crippen molar-refractivity contribution in [1.82, 2.24) is 0 Å². The van der Waals surface area contributed by atoms with E-state index in [4.69, 9.17) is 15.2 Å². The normalized spacial score (nSPS) is 13.0. The van der Waals surface area contributed by atoms with Crippen molar-refractivity contribution in [2.75, 3.05) is 17.8 Å². The van der Waals surface area contributed by atoms with Crippen LogP contribution in [0.15, 0.2) is 36.4 Å². The molecule has 1 heterocycles. The molecule has 25 heavy (non-hydrogen) atoms. The predicted octanol–water partition coefficient (Wildman–Crippen LogP) is 3.77. The van der Waals surface area contributed by atoms with E-state index in [0.29, 0.717) is 35.7 Å². The van der Waals surface area contributed by atoms with Gasteiger partial charge in [-0.25, -0.2) is 4.39 Å². The van der Waals surface area contributed by atoms with Gasteiger partial charge in [-0.15, -0.1) is 12.4 Å². The van der Waals surface area contributed by atoms with E-state index >= 15 is 0 Å². The van der Waals surface area contributed by atoms with Crippen LogP contribution in [-0.2, 0) is 11.2 Å². The molecular formula is C18H20ClFN2O3. The minimum atomic E-state index is -0.266. The number of rotatable bonds is 5. The summed E-state index contributed by atoms with van der Waals surface area (Å²) in [6, 6.07) is 9.71. The Hall–Kier alpha value is -2.47.